The number of carbonyl (C=O) groups is 2. The lowest BCUT2D eigenvalue weighted by Gasteiger charge is -2.53. The molecule has 0 aliphatic carbocycles. The average Bonchev–Trinajstić information content (AvgIpc) is 2.63. The molecule has 6 heteroatoms. The summed E-state index contributed by atoms with van der Waals surface area (Å²) in [5.74, 6) is -0.704. The predicted octanol–water partition coefficient (Wildman–Crippen LogP) is 4.96. The molecule has 0 aromatic heterocycles. The van der Waals surface area contributed by atoms with Crippen LogP contribution in [0.5, 0.6) is 0 Å². The van der Waals surface area contributed by atoms with Crippen molar-refractivity contribution in [3.05, 3.63) is 35.4 Å². The fourth-order valence-corrected chi connectivity index (χ4v) is 5.86. The Labute approximate surface area is 199 Å². The maximum Gasteiger partial charge on any atom is 0.338 e. The van der Waals surface area contributed by atoms with Gasteiger partial charge in [-0.1, -0.05) is 0 Å². The lowest BCUT2D eigenvalue weighted by Crippen LogP contribution is -2.60. The molecule has 33 heavy (non-hydrogen) atoms. The monoisotopic (exact) mass is 458 g/mol. The van der Waals surface area contributed by atoms with Crippen LogP contribution in [-0.2, 0) is 9.47 Å². The van der Waals surface area contributed by atoms with Gasteiger partial charge in [0.15, 0.2) is 0 Å². The van der Waals surface area contributed by atoms with Gasteiger partial charge in [-0.05, 0) is 86.7 Å². The molecule has 2 aliphatic heterocycles. The SMILES string of the molecule is CN1C(C)(C)CC(OC(=O)c2ccc(C(=O)OC3CC(C)(C)NC(C)(C)C3)cc2)CC1(C)C. The molecule has 1 N–H and O–H groups in total. The van der Waals surface area contributed by atoms with Crippen LogP contribution in [0.15, 0.2) is 24.3 Å². The molecule has 1 aromatic carbocycles. The van der Waals surface area contributed by atoms with Gasteiger partial charge in [0, 0.05) is 47.8 Å². The van der Waals surface area contributed by atoms with E-state index in [0.717, 1.165) is 25.7 Å². The minimum absolute atomic E-state index is 0.0575. The smallest absolute Gasteiger partial charge is 0.338 e. The third-order valence-electron chi connectivity index (χ3n) is 7.33. The molecule has 2 aliphatic rings. The molecule has 3 rings (SSSR count). The lowest BCUT2D eigenvalue weighted by atomic mass is 9.79. The van der Waals surface area contributed by atoms with Gasteiger partial charge in [0.25, 0.3) is 0 Å². The summed E-state index contributed by atoms with van der Waals surface area (Å²) in [7, 11) is 2.13. The van der Waals surface area contributed by atoms with Crippen LogP contribution < -0.4 is 5.32 Å². The number of nitrogens with zero attached hydrogens (tertiary/aromatic N) is 1. The highest BCUT2D eigenvalue weighted by Crippen LogP contribution is 2.38. The van der Waals surface area contributed by atoms with E-state index in [9.17, 15) is 9.59 Å². The minimum atomic E-state index is -0.354. The number of hydrogen-bond donors (Lipinski definition) is 1. The van der Waals surface area contributed by atoms with Crippen LogP contribution >= 0.6 is 0 Å². The van der Waals surface area contributed by atoms with Crippen molar-refractivity contribution in [3.8, 4) is 0 Å². The summed E-state index contributed by atoms with van der Waals surface area (Å²) in [5, 5.41) is 3.60. The third-order valence-corrected chi connectivity index (χ3v) is 7.33. The van der Waals surface area contributed by atoms with Gasteiger partial charge in [0.05, 0.1) is 11.1 Å². The fraction of sp³-hybridized carbons (Fsp3) is 0.704. The average molecular weight is 459 g/mol. The van der Waals surface area contributed by atoms with Gasteiger partial charge in [-0.2, -0.15) is 0 Å². The van der Waals surface area contributed by atoms with E-state index in [0.29, 0.717) is 11.1 Å². The number of nitrogens with one attached hydrogen (secondary N) is 1. The van der Waals surface area contributed by atoms with Crippen molar-refractivity contribution in [3.63, 3.8) is 0 Å². The van der Waals surface area contributed by atoms with E-state index in [2.05, 4.69) is 72.7 Å². The van der Waals surface area contributed by atoms with Gasteiger partial charge < -0.3 is 14.8 Å². The number of piperidine rings is 2. The molecular formula is C27H42N2O4. The summed E-state index contributed by atoms with van der Waals surface area (Å²) in [6.45, 7) is 17.2. The molecule has 0 bridgehead atoms. The van der Waals surface area contributed by atoms with E-state index in [1.54, 1.807) is 24.3 Å². The number of rotatable bonds is 4. The fourth-order valence-electron chi connectivity index (χ4n) is 5.86. The maximum atomic E-state index is 12.8. The molecule has 2 heterocycles. The number of carbonyl (C=O) groups excluding carboxylic acids is 2. The van der Waals surface area contributed by atoms with Gasteiger partial charge in [0.1, 0.15) is 12.2 Å². The first-order valence-corrected chi connectivity index (χ1v) is 12.1. The summed E-state index contributed by atoms with van der Waals surface area (Å²) < 4.78 is 11.7. The number of benzene rings is 1. The molecule has 0 spiro atoms. The van der Waals surface area contributed by atoms with Crippen LogP contribution in [0.3, 0.4) is 0 Å². The van der Waals surface area contributed by atoms with E-state index in [4.69, 9.17) is 9.47 Å². The van der Waals surface area contributed by atoms with Gasteiger partial charge in [-0.15, -0.1) is 0 Å². The number of likely N-dealkylation sites (tertiary alicyclic amines) is 1. The van der Waals surface area contributed by atoms with Crippen molar-refractivity contribution in [2.45, 2.75) is 115 Å². The molecular weight excluding hydrogens is 416 g/mol. The quantitative estimate of drug-likeness (QED) is 0.643. The molecule has 184 valence electrons. The highest BCUT2D eigenvalue weighted by Gasteiger charge is 2.44. The molecule has 2 fully saturated rings. The standard InChI is InChI=1S/C27H42N2O4/c1-24(2)14-20(15-25(3,4)28-24)32-22(30)18-10-12-19(13-11-18)23(31)33-21-16-26(5,6)29(9)27(7,8)17-21/h10-13,20-21,28H,14-17H2,1-9H3. The molecule has 0 atom stereocenters. The van der Waals surface area contributed by atoms with Crippen molar-refractivity contribution >= 4 is 11.9 Å². The second kappa shape index (κ2) is 8.70. The Morgan fingerprint density at radius 3 is 1.42 bits per heavy atom. The molecule has 6 nitrogen and oxygen atoms in total. The Kier molecular flexibility index (Phi) is 6.77. The zero-order chi connectivity index (χ0) is 24.8. The van der Waals surface area contributed by atoms with E-state index >= 15 is 0 Å². The van der Waals surface area contributed by atoms with Crippen molar-refractivity contribution in [1.29, 1.82) is 0 Å². The summed E-state index contributed by atoms with van der Waals surface area (Å²) in [6, 6.07) is 6.61. The Hall–Kier alpha value is -1.92. The second-order valence-electron chi connectivity index (χ2n) is 12.5. The molecule has 0 saturated carbocycles. The predicted molar refractivity (Wildman–Crippen MR) is 131 cm³/mol. The second-order valence-corrected chi connectivity index (χ2v) is 12.5. The van der Waals surface area contributed by atoms with Crippen molar-refractivity contribution in [2.24, 2.45) is 0 Å². The van der Waals surface area contributed by atoms with Crippen molar-refractivity contribution in [1.82, 2.24) is 10.2 Å². The Morgan fingerprint density at radius 1 is 0.727 bits per heavy atom. The van der Waals surface area contributed by atoms with Crippen LogP contribution in [0.1, 0.15) is 102 Å². The Bertz CT molecular complexity index is 852. The Morgan fingerprint density at radius 2 is 1.06 bits per heavy atom. The topological polar surface area (TPSA) is 67.9 Å². The van der Waals surface area contributed by atoms with Gasteiger partial charge in [-0.25, -0.2) is 9.59 Å². The van der Waals surface area contributed by atoms with Gasteiger partial charge in [-0.3, -0.25) is 4.90 Å². The van der Waals surface area contributed by atoms with Crippen LogP contribution in [-0.4, -0.2) is 58.2 Å². The van der Waals surface area contributed by atoms with E-state index in [1.807, 2.05) is 0 Å². The van der Waals surface area contributed by atoms with E-state index in [-0.39, 0.29) is 46.3 Å². The third kappa shape index (κ3) is 6.15. The molecule has 0 radical (unpaired) electrons. The van der Waals surface area contributed by atoms with Crippen LogP contribution in [0.2, 0.25) is 0 Å². The van der Waals surface area contributed by atoms with Crippen LogP contribution in [0.4, 0.5) is 0 Å². The number of hydrogen-bond acceptors (Lipinski definition) is 6. The largest absolute Gasteiger partial charge is 0.459 e. The van der Waals surface area contributed by atoms with E-state index in [1.165, 1.54) is 0 Å². The molecule has 0 unspecified atom stereocenters. The molecule has 2 saturated heterocycles. The summed E-state index contributed by atoms with van der Waals surface area (Å²) >= 11 is 0. The van der Waals surface area contributed by atoms with Gasteiger partial charge >= 0.3 is 11.9 Å². The van der Waals surface area contributed by atoms with Crippen molar-refractivity contribution in [2.75, 3.05) is 7.05 Å². The maximum absolute atomic E-state index is 12.8. The van der Waals surface area contributed by atoms with E-state index < -0.39 is 0 Å². The zero-order valence-corrected chi connectivity index (χ0v) is 21.9. The minimum Gasteiger partial charge on any atom is -0.459 e. The summed E-state index contributed by atoms with van der Waals surface area (Å²) in [6.07, 6.45) is 2.79. The normalized spacial score (nSPS) is 24.8. The lowest BCUT2D eigenvalue weighted by molar-refractivity contribution is -0.0732. The summed E-state index contributed by atoms with van der Waals surface area (Å²) in [5.41, 5.74) is 0.581. The van der Waals surface area contributed by atoms with Crippen LogP contribution in [0, 0.1) is 0 Å². The summed E-state index contributed by atoms with van der Waals surface area (Å²) in [4.78, 5) is 27.9. The number of ether oxygens (including phenoxy) is 2. The highest BCUT2D eigenvalue weighted by molar-refractivity contribution is 5.93. The van der Waals surface area contributed by atoms with Crippen molar-refractivity contribution < 1.29 is 19.1 Å². The first-order valence-electron chi connectivity index (χ1n) is 12.1. The number of esters is 2. The molecule has 1 aromatic rings. The first-order chi connectivity index (χ1) is 15.0. The highest BCUT2D eigenvalue weighted by atomic mass is 16.5. The van der Waals surface area contributed by atoms with Crippen LogP contribution in [0.25, 0.3) is 0 Å². The first kappa shape index (κ1) is 25.7. The Balaban J connectivity index is 1.62. The molecule has 0 amide bonds. The zero-order valence-electron chi connectivity index (χ0n) is 21.9. The van der Waals surface area contributed by atoms with Gasteiger partial charge in [0.2, 0.25) is 0 Å².